The smallest absolute Gasteiger partial charge is 0.410 e. The summed E-state index contributed by atoms with van der Waals surface area (Å²) in [7, 11) is 0. The molecule has 7 rings (SSSR count). The van der Waals surface area contributed by atoms with Gasteiger partial charge in [0.25, 0.3) is 0 Å². The highest BCUT2D eigenvalue weighted by Gasteiger charge is 2.69. The summed E-state index contributed by atoms with van der Waals surface area (Å²) < 4.78 is 26.4. The van der Waals surface area contributed by atoms with E-state index in [4.69, 9.17) is 29.0 Å². The first-order valence-electron chi connectivity index (χ1n) is 18.1. The molecule has 2 saturated heterocycles. The number of carbonyl (C=O) groups is 3. The van der Waals surface area contributed by atoms with Gasteiger partial charge in [-0.3, -0.25) is 0 Å². The number of aromatic nitrogens is 2. The summed E-state index contributed by atoms with van der Waals surface area (Å²) in [4.78, 5) is 40.6. The number of hydrogen-bond donors (Lipinski definition) is 2. The van der Waals surface area contributed by atoms with Crippen LogP contribution in [0.1, 0.15) is 71.3 Å². The Balaban J connectivity index is 0.000000192. The number of piperidine rings is 2. The van der Waals surface area contributed by atoms with Crippen molar-refractivity contribution in [2.75, 3.05) is 39.3 Å². The van der Waals surface area contributed by atoms with E-state index >= 15 is 0 Å². The minimum Gasteiger partial charge on any atom is -0.445 e. The van der Waals surface area contributed by atoms with Gasteiger partial charge in [0.1, 0.15) is 30.3 Å². The lowest BCUT2D eigenvalue weighted by Crippen LogP contribution is -2.41. The lowest BCUT2D eigenvalue weighted by molar-refractivity contribution is 0.0196. The number of amides is 3. The number of benzene rings is 1. The van der Waals surface area contributed by atoms with Crippen LogP contribution in [0.25, 0.3) is 0 Å². The topological polar surface area (TPSA) is 175 Å². The summed E-state index contributed by atoms with van der Waals surface area (Å²) in [6.07, 6.45) is 3.87. The molecule has 0 radical (unpaired) electrons. The summed E-state index contributed by atoms with van der Waals surface area (Å²) in [6, 6.07) is 13.3. The van der Waals surface area contributed by atoms with Gasteiger partial charge in [-0.25, -0.2) is 14.4 Å². The van der Waals surface area contributed by atoms with Gasteiger partial charge in [-0.15, -0.1) is 0 Å². The Kier molecular flexibility index (Phi) is 10.3. The maximum atomic E-state index is 12.5. The zero-order valence-corrected chi connectivity index (χ0v) is 31.0. The van der Waals surface area contributed by atoms with Crippen molar-refractivity contribution in [3.05, 3.63) is 71.9 Å². The molecule has 0 bridgehead atoms. The third kappa shape index (κ3) is 7.76. The number of nitrogens with two attached hydrogens (primary N) is 1. The van der Waals surface area contributed by atoms with Crippen molar-refractivity contribution in [3.8, 4) is 0 Å². The highest BCUT2D eigenvalue weighted by Crippen LogP contribution is 2.63. The van der Waals surface area contributed by atoms with Gasteiger partial charge in [0.05, 0.1) is 11.4 Å². The van der Waals surface area contributed by atoms with Crippen molar-refractivity contribution in [3.63, 3.8) is 0 Å². The van der Waals surface area contributed by atoms with Gasteiger partial charge in [0.2, 0.25) is 0 Å². The largest absolute Gasteiger partial charge is 0.445 e. The van der Waals surface area contributed by atoms with E-state index in [1.807, 2.05) is 84.0 Å². The van der Waals surface area contributed by atoms with Crippen LogP contribution in [0.4, 0.5) is 14.4 Å². The minimum atomic E-state index is -0.537. The molecule has 14 nitrogen and oxygen atoms in total. The lowest BCUT2D eigenvalue weighted by Gasteiger charge is -2.29. The van der Waals surface area contributed by atoms with Crippen molar-refractivity contribution in [2.45, 2.75) is 83.0 Å². The van der Waals surface area contributed by atoms with Crippen molar-refractivity contribution >= 4 is 18.3 Å². The third-order valence-corrected chi connectivity index (χ3v) is 10.9. The first kappa shape index (κ1) is 37.2. The molecule has 3 aromatic rings. The monoisotopic (exact) mass is 720 g/mol. The number of rotatable bonds is 7. The van der Waals surface area contributed by atoms with Crippen molar-refractivity contribution in [2.24, 2.45) is 29.4 Å². The van der Waals surface area contributed by atoms with Crippen molar-refractivity contribution < 1.29 is 37.6 Å². The van der Waals surface area contributed by atoms with Crippen LogP contribution in [0.15, 0.2) is 64.0 Å². The SMILES string of the molecule is CC(C)(C)OC(=O)N1CCC2C(C1)C2(CN)c1ccon1.CC(C)(C)OC(=O)N1CCC2C(C1)C2(CNC(=O)OCc1ccccc1)c1ccon1. The van der Waals surface area contributed by atoms with Crippen LogP contribution >= 0.6 is 0 Å². The molecule has 2 saturated carbocycles. The molecule has 6 unspecified atom stereocenters. The molecule has 6 atom stereocenters. The van der Waals surface area contributed by atoms with E-state index in [1.54, 1.807) is 22.3 Å². The molecule has 1 aromatic carbocycles. The van der Waals surface area contributed by atoms with Gasteiger partial charge in [-0.05, 0) is 83.6 Å². The second-order valence-corrected chi connectivity index (χ2v) is 16.3. The molecule has 4 heterocycles. The molecule has 4 fully saturated rings. The predicted molar refractivity (Wildman–Crippen MR) is 189 cm³/mol. The highest BCUT2D eigenvalue weighted by atomic mass is 16.6. The molecular formula is C38H52N6O8. The fraction of sp³-hybridized carbons (Fsp3) is 0.605. The van der Waals surface area contributed by atoms with E-state index in [1.165, 1.54) is 0 Å². The van der Waals surface area contributed by atoms with E-state index in [0.717, 1.165) is 36.3 Å². The normalized spacial score (nSPS) is 27.6. The number of fused-ring (bicyclic) bond motifs is 2. The van der Waals surface area contributed by atoms with E-state index in [-0.39, 0.29) is 35.5 Å². The maximum Gasteiger partial charge on any atom is 0.410 e. The van der Waals surface area contributed by atoms with Crippen LogP contribution < -0.4 is 11.1 Å². The van der Waals surface area contributed by atoms with Gasteiger partial charge in [-0.2, -0.15) is 0 Å². The van der Waals surface area contributed by atoms with E-state index in [9.17, 15) is 14.4 Å². The van der Waals surface area contributed by atoms with Crippen LogP contribution in [-0.2, 0) is 31.6 Å². The Labute approximate surface area is 304 Å². The summed E-state index contributed by atoms with van der Waals surface area (Å²) in [5.74, 6) is 1.33. The first-order valence-corrected chi connectivity index (χ1v) is 18.1. The molecule has 3 N–H and O–H groups in total. The molecule has 2 aromatic heterocycles. The van der Waals surface area contributed by atoms with E-state index < -0.39 is 17.3 Å². The zero-order chi connectivity index (χ0) is 37.3. The molecule has 282 valence electrons. The quantitative estimate of drug-likeness (QED) is 0.296. The molecule has 3 amide bonds. The average Bonchev–Trinajstić information content (AvgIpc) is 3.58. The summed E-state index contributed by atoms with van der Waals surface area (Å²) in [5, 5.41) is 11.2. The highest BCUT2D eigenvalue weighted by molar-refractivity contribution is 5.70. The molecule has 52 heavy (non-hydrogen) atoms. The Hall–Kier alpha value is -4.59. The predicted octanol–water partition coefficient (Wildman–Crippen LogP) is 5.48. The van der Waals surface area contributed by atoms with Crippen LogP contribution in [-0.4, -0.2) is 88.9 Å². The maximum absolute atomic E-state index is 12.5. The number of ether oxygens (including phenoxy) is 3. The Morgan fingerprint density at radius 1 is 0.788 bits per heavy atom. The van der Waals surface area contributed by atoms with Gasteiger partial charge in [-0.1, -0.05) is 40.6 Å². The number of nitrogens with one attached hydrogen (secondary N) is 1. The fourth-order valence-electron chi connectivity index (χ4n) is 8.36. The summed E-state index contributed by atoms with van der Waals surface area (Å²) in [6.45, 7) is 14.9. The number of hydrogen-bond acceptors (Lipinski definition) is 11. The van der Waals surface area contributed by atoms with Crippen molar-refractivity contribution in [1.82, 2.24) is 25.4 Å². The van der Waals surface area contributed by atoms with Crippen LogP contribution in [0, 0.1) is 23.7 Å². The second kappa shape index (κ2) is 14.4. The Morgan fingerprint density at radius 2 is 1.29 bits per heavy atom. The van der Waals surface area contributed by atoms with Gasteiger partial charge in [0, 0.05) is 62.2 Å². The van der Waals surface area contributed by atoms with E-state index in [0.29, 0.717) is 50.5 Å². The average molecular weight is 721 g/mol. The van der Waals surface area contributed by atoms with Crippen LogP contribution in [0.2, 0.25) is 0 Å². The zero-order valence-electron chi connectivity index (χ0n) is 31.0. The molecule has 0 spiro atoms. The molecule has 2 aliphatic carbocycles. The first-order chi connectivity index (χ1) is 24.7. The molecular weight excluding hydrogens is 668 g/mol. The van der Waals surface area contributed by atoms with Gasteiger partial charge >= 0.3 is 18.3 Å². The lowest BCUT2D eigenvalue weighted by atomic mass is 9.97. The van der Waals surface area contributed by atoms with Crippen molar-refractivity contribution in [1.29, 1.82) is 0 Å². The number of likely N-dealkylation sites (tertiary alicyclic amines) is 2. The second-order valence-electron chi connectivity index (χ2n) is 16.3. The number of carbonyl (C=O) groups excluding carboxylic acids is 3. The Morgan fingerprint density at radius 3 is 1.77 bits per heavy atom. The molecule has 4 aliphatic rings. The number of nitrogens with zero attached hydrogens (tertiary/aromatic N) is 4. The van der Waals surface area contributed by atoms with E-state index in [2.05, 4.69) is 15.6 Å². The summed E-state index contributed by atoms with van der Waals surface area (Å²) in [5.41, 5.74) is 7.19. The summed E-state index contributed by atoms with van der Waals surface area (Å²) >= 11 is 0. The van der Waals surface area contributed by atoms with Crippen LogP contribution in [0.5, 0.6) is 0 Å². The third-order valence-electron chi connectivity index (χ3n) is 10.9. The molecule has 14 heteroatoms. The number of alkyl carbamates (subject to hydrolysis) is 1. The Bertz CT molecular complexity index is 1670. The van der Waals surface area contributed by atoms with Gasteiger partial charge in [0.15, 0.2) is 0 Å². The van der Waals surface area contributed by atoms with Crippen LogP contribution in [0.3, 0.4) is 0 Å². The standard InChI is InChI=1S/C23H29N3O5.C15H23N3O3/c1-22(2,3)31-21(28)26-11-9-17-18(13-26)23(17,19-10-12-30-25-19)15-24-20(27)29-14-16-7-5-4-6-8-16;1-14(2,3)21-13(19)18-6-4-10-11(8-18)15(10,9-16)12-5-7-20-17-12/h4-8,10,12,17-18H,9,11,13-15H2,1-3H3,(H,24,27);5,7,10-11H,4,6,8-9,16H2,1-3H3. The minimum absolute atomic E-state index is 0.121. The molecule has 2 aliphatic heterocycles. The fourth-order valence-corrected chi connectivity index (χ4v) is 8.36. The van der Waals surface area contributed by atoms with Gasteiger partial charge < -0.3 is 44.1 Å².